The van der Waals surface area contributed by atoms with E-state index in [9.17, 15) is 9.59 Å². The zero-order chi connectivity index (χ0) is 44.1. The van der Waals surface area contributed by atoms with Gasteiger partial charge in [-0.2, -0.15) is 0 Å². The summed E-state index contributed by atoms with van der Waals surface area (Å²) in [5.41, 5.74) is 9.73. The number of carbonyl (C=O) groups excluding carboxylic acids is 2. The Labute approximate surface area is 380 Å². The molecule has 6 rings (SSSR count). The Morgan fingerprint density at radius 3 is 2.24 bits per heavy atom. The highest BCUT2D eigenvalue weighted by atomic mass is 35.5. The number of ether oxygens (including phenoxy) is 1. The number of amides is 2. The largest absolute Gasteiger partial charge is 0.444 e. The first kappa shape index (κ1) is 46.6. The molecule has 0 saturated carbocycles. The van der Waals surface area contributed by atoms with Gasteiger partial charge in [0.05, 0.1) is 18.5 Å². The van der Waals surface area contributed by atoms with E-state index in [1.165, 1.54) is 16.8 Å². The summed E-state index contributed by atoms with van der Waals surface area (Å²) in [6.45, 7) is 10.6. The molecule has 1 fully saturated rings. The number of thioether (sulfide) groups is 1. The Morgan fingerprint density at radius 2 is 1.56 bits per heavy atom. The summed E-state index contributed by atoms with van der Waals surface area (Å²) in [6, 6.07) is 38.3. The van der Waals surface area contributed by atoms with Gasteiger partial charge in [0.15, 0.2) is 0 Å². The van der Waals surface area contributed by atoms with Crippen molar-refractivity contribution >= 4 is 70.1 Å². The van der Waals surface area contributed by atoms with Crippen molar-refractivity contribution in [1.29, 1.82) is 0 Å². The van der Waals surface area contributed by atoms with E-state index in [0.29, 0.717) is 22.8 Å². The summed E-state index contributed by atoms with van der Waals surface area (Å²) in [6.07, 6.45) is 0.487. The van der Waals surface area contributed by atoms with Gasteiger partial charge in [-0.3, -0.25) is 30.1 Å². The van der Waals surface area contributed by atoms with Crippen LogP contribution in [0.3, 0.4) is 0 Å². The average molecular weight is 897 g/mol. The van der Waals surface area contributed by atoms with E-state index in [0.717, 1.165) is 83.5 Å². The lowest BCUT2D eigenvalue weighted by molar-refractivity contribution is 0.0635. The average Bonchev–Trinajstić information content (AvgIpc) is 3.25. The van der Waals surface area contributed by atoms with Crippen LogP contribution >= 0.6 is 35.3 Å². The number of nitrogens with one attached hydrogen (secondary N) is 4. The minimum absolute atomic E-state index is 0.170. The molecule has 5 aromatic carbocycles. The molecule has 0 radical (unpaired) electrons. The van der Waals surface area contributed by atoms with Crippen molar-refractivity contribution in [2.75, 3.05) is 80.7 Å². The van der Waals surface area contributed by atoms with E-state index < -0.39 is 11.7 Å². The molecule has 0 aromatic heterocycles. The lowest BCUT2D eigenvalue weighted by Gasteiger charge is -2.36. The molecular weight excluding hydrogens is 838 g/mol. The second-order valence-corrected chi connectivity index (χ2v) is 18.8. The predicted octanol–water partition coefficient (Wildman–Crippen LogP) is 10.6. The van der Waals surface area contributed by atoms with Crippen molar-refractivity contribution in [3.63, 3.8) is 0 Å². The molecule has 11 nitrogen and oxygen atoms in total. The summed E-state index contributed by atoms with van der Waals surface area (Å²) in [7, 11) is 5.78. The maximum atomic E-state index is 13.3. The molecule has 0 aliphatic carbocycles. The molecule has 62 heavy (non-hydrogen) atoms. The van der Waals surface area contributed by atoms with Gasteiger partial charge in [0, 0.05) is 76.3 Å². The molecule has 2 amide bonds. The van der Waals surface area contributed by atoms with Gasteiger partial charge in [0.1, 0.15) is 5.60 Å². The number of benzene rings is 5. The van der Waals surface area contributed by atoms with Crippen molar-refractivity contribution in [3.05, 3.63) is 131 Å². The number of hydrogen-bond acceptors (Lipinski definition) is 11. The smallest absolute Gasteiger partial charge is 0.412 e. The highest BCUT2D eigenvalue weighted by Gasteiger charge is 2.21. The minimum atomic E-state index is -0.597. The summed E-state index contributed by atoms with van der Waals surface area (Å²) in [5.74, 6) is 0.738. The van der Waals surface area contributed by atoms with Gasteiger partial charge >= 0.3 is 6.09 Å². The normalized spacial score (nSPS) is 13.7. The quantitative estimate of drug-likeness (QED) is 0.0383. The number of halogens is 1. The maximum absolute atomic E-state index is 13.3. The van der Waals surface area contributed by atoms with E-state index in [1.807, 2.05) is 124 Å². The van der Waals surface area contributed by atoms with Crippen LogP contribution in [0.25, 0.3) is 11.1 Å². The second-order valence-electron chi connectivity index (χ2n) is 16.4. The Balaban J connectivity index is 1.03. The van der Waals surface area contributed by atoms with Gasteiger partial charge in [0.25, 0.3) is 5.91 Å². The van der Waals surface area contributed by atoms with Crippen LogP contribution in [0.5, 0.6) is 0 Å². The van der Waals surface area contributed by atoms with Gasteiger partial charge in [-0.25, -0.2) is 4.79 Å². The SMILES string of the molecule is CONc1cc(SNC(=O)c2ccc(N3CCN(Cc4cc(NC(=O)OC(C)(C)C)ccc4-c4ccc(Cl)cc4)CC3)cc2)ccc1NC(CCN(C)C)CSc1ccccc1. The Bertz CT molecular complexity index is 2220. The number of piperazine rings is 1. The first-order chi connectivity index (χ1) is 29.8. The zero-order valence-corrected chi connectivity index (χ0v) is 38.8. The van der Waals surface area contributed by atoms with Crippen LogP contribution in [0.15, 0.2) is 125 Å². The van der Waals surface area contributed by atoms with Crippen molar-refractivity contribution in [2.45, 2.75) is 55.2 Å². The van der Waals surface area contributed by atoms with Crippen LogP contribution in [-0.4, -0.2) is 93.1 Å². The highest BCUT2D eigenvalue weighted by molar-refractivity contribution is 7.99. The summed E-state index contributed by atoms with van der Waals surface area (Å²) < 4.78 is 8.51. The molecule has 1 aliphatic rings. The van der Waals surface area contributed by atoms with Crippen molar-refractivity contribution in [1.82, 2.24) is 14.5 Å². The van der Waals surface area contributed by atoms with Gasteiger partial charge in [-0.05, 0) is 155 Å². The maximum Gasteiger partial charge on any atom is 0.412 e. The Hall–Kier alpha value is -4.89. The molecule has 1 saturated heterocycles. The third-order valence-corrected chi connectivity index (χ3v) is 12.3. The fourth-order valence-electron chi connectivity index (χ4n) is 6.98. The predicted molar refractivity (Wildman–Crippen MR) is 259 cm³/mol. The molecule has 0 bridgehead atoms. The standard InChI is InChI=1S/C48H58ClN7O4S2/c1-48(2,3)60-47(58)51-38-18-22-43(34-12-16-37(49)17-13-34)36(30-38)32-55-26-28-56(29-27-55)40-19-14-35(15-20-40)46(57)53-62-42-21-23-44(45(31-42)52-59-6)50-39(24-25-54(4)5)33-61-41-10-8-7-9-11-41/h7-23,30-31,39,50,52H,24-29,32-33H2,1-6H3,(H,51,58)(H,53,57). The Kier molecular flexibility index (Phi) is 16.9. The molecular formula is C48H58ClN7O4S2. The molecule has 1 heterocycles. The first-order valence-electron chi connectivity index (χ1n) is 20.8. The summed E-state index contributed by atoms with van der Waals surface area (Å²) in [5, 5.41) is 7.31. The Morgan fingerprint density at radius 1 is 0.839 bits per heavy atom. The van der Waals surface area contributed by atoms with Crippen LogP contribution in [0, 0.1) is 0 Å². The zero-order valence-electron chi connectivity index (χ0n) is 36.4. The highest BCUT2D eigenvalue weighted by Crippen LogP contribution is 2.32. The van der Waals surface area contributed by atoms with Gasteiger partial charge in [-0.15, -0.1) is 11.8 Å². The number of carbonyl (C=O) groups is 2. The lowest BCUT2D eigenvalue weighted by Crippen LogP contribution is -2.46. The first-order valence-corrected chi connectivity index (χ1v) is 23.0. The van der Waals surface area contributed by atoms with Crippen molar-refractivity contribution in [3.8, 4) is 11.1 Å². The molecule has 1 unspecified atom stereocenters. The topological polar surface area (TPSA) is 110 Å². The summed E-state index contributed by atoms with van der Waals surface area (Å²) in [4.78, 5) is 40.3. The number of nitrogens with zero attached hydrogens (tertiary/aromatic N) is 3. The van der Waals surface area contributed by atoms with Gasteiger partial charge in [0.2, 0.25) is 0 Å². The fourth-order valence-corrected chi connectivity index (χ4v) is 8.74. The number of hydrogen-bond donors (Lipinski definition) is 4. The van der Waals surface area contributed by atoms with Crippen molar-refractivity contribution < 1.29 is 19.2 Å². The molecule has 1 atom stereocenters. The molecule has 0 spiro atoms. The lowest BCUT2D eigenvalue weighted by atomic mass is 9.98. The van der Waals surface area contributed by atoms with E-state index >= 15 is 0 Å². The van der Waals surface area contributed by atoms with E-state index in [-0.39, 0.29) is 11.9 Å². The molecule has 5 aromatic rings. The monoisotopic (exact) mass is 895 g/mol. The minimum Gasteiger partial charge on any atom is -0.444 e. The molecule has 328 valence electrons. The van der Waals surface area contributed by atoms with Gasteiger partial charge < -0.3 is 19.9 Å². The third kappa shape index (κ3) is 14.3. The van der Waals surface area contributed by atoms with Crippen LogP contribution in [0.1, 0.15) is 43.1 Å². The second kappa shape index (κ2) is 22.5. The number of rotatable bonds is 18. The number of anilines is 4. The van der Waals surface area contributed by atoms with Crippen LogP contribution in [0.4, 0.5) is 27.5 Å². The van der Waals surface area contributed by atoms with E-state index in [2.05, 4.69) is 73.9 Å². The molecule has 1 aliphatic heterocycles. The van der Waals surface area contributed by atoms with Gasteiger partial charge in [-0.1, -0.05) is 48.0 Å². The van der Waals surface area contributed by atoms with Crippen molar-refractivity contribution in [2.24, 2.45) is 0 Å². The van der Waals surface area contributed by atoms with Crippen LogP contribution in [-0.2, 0) is 16.1 Å². The molecule has 14 heteroatoms. The molecule has 4 N–H and O–H groups in total. The third-order valence-electron chi connectivity index (χ3n) is 10.1. The van der Waals surface area contributed by atoms with Crippen LogP contribution < -0.4 is 25.7 Å². The summed E-state index contributed by atoms with van der Waals surface area (Å²) >= 11 is 9.32. The fraction of sp³-hybridized carbons (Fsp3) is 0.333. The van der Waals surface area contributed by atoms with E-state index in [1.54, 1.807) is 7.11 Å². The van der Waals surface area contributed by atoms with E-state index in [4.69, 9.17) is 21.2 Å². The van der Waals surface area contributed by atoms with Crippen LogP contribution in [0.2, 0.25) is 5.02 Å².